The van der Waals surface area contributed by atoms with Gasteiger partial charge in [0.25, 0.3) is 0 Å². The Bertz CT molecular complexity index is 1500. The highest BCUT2D eigenvalue weighted by atomic mass is 32.2. The van der Waals surface area contributed by atoms with Crippen LogP contribution in [0.1, 0.15) is 61.4 Å². The summed E-state index contributed by atoms with van der Waals surface area (Å²) in [6.07, 6.45) is 5.99. The van der Waals surface area contributed by atoms with Crippen molar-refractivity contribution in [2.75, 3.05) is 17.8 Å². The molecule has 3 aromatic rings. The number of aromatic nitrogens is 1. The van der Waals surface area contributed by atoms with Gasteiger partial charge in [-0.15, -0.1) is 0 Å². The first-order valence-corrected chi connectivity index (χ1v) is 16.1. The maximum Gasteiger partial charge on any atom is 0.323 e. The van der Waals surface area contributed by atoms with Crippen molar-refractivity contribution in [2.24, 2.45) is 0 Å². The average molecular weight is 588 g/mol. The zero-order valence-corrected chi connectivity index (χ0v) is 24.5. The van der Waals surface area contributed by atoms with Crippen LogP contribution in [0, 0.1) is 0 Å². The molecule has 1 aliphatic carbocycles. The minimum Gasteiger partial charge on any atom is -0.468 e. The summed E-state index contributed by atoms with van der Waals surface area (Å²) in [7, 11) is 1.43. The number of hydrogen-bond acceptors (Lipinski definition) is 6. The van der Waals surface area contributed by atoms with E-state index < -0.39 is 6.04 Å². The number of esters is 1. The summed E-state index contributed by atoms with van der Waals surface area (Å²) < 4.78 is 5.10. The van der Waals surface area contributed by atoms with Crippen molar-refractivity contribution < 1.29 is 19.1 Å². The average Bonchev–Trinajstić information content (AvgIpc) is 3.51. The van der Waals surface area contributed by atoms with Crippen LogP contribution in [0.15, 0.2) is 48.5 Å². The predicted molar refractivity (Wildman–Crippen MR) is 164 cm³/mol. The standard InChI is InChI=1S/C32H37N5O4S/c1-41-31(39)24-16-22-21-6-2-3-7-23(21)33-29(22)28(34-24)18-10-12-19(13-11-18)37(20-14-15-20)27(38)9-5-4-8-26-30-25(17-42-26)35-32(40)36-30/h2-3,6-7,10-13,20,24-26,28,30,33-34H,4-5,8-9,14-17H2,1H3,(H2,35,36,40)/t24-,25+,26+,28-,30+/m1/s1. The van der Waals surface area contributed by atoms with Crippen molar-refractivity contribution in [3.63, 3.8) is 0 Å². The second kappa shape index (κ2) is 11.3. The monoisotopic (exact) mass is 587 g/mol. The van der Waals surface area contributed by atoms with Gasteiger partial charge >= 0.3 is 12.0 Å². The van der Waals surface area contributed by atoms with Gasteiger partial charge in [-0.3, -0.25) is 14.9 Å². The van der Waals surface area contributed by atoms with Crippen LogP contribution < -0.4 is 20.9 Å². The lowest BCUT2D eigenvalue weighted by molar-refractivity contribution is -0.143. The molecule has 4 aliphatic rings. The number of nitrogens with one attached hydrogen (secondary N) is 4. The summed E-state index contributed by atoms with van der Waals surface area (Å²) in [5.74, 6) is 0.867. The number of urea groups is 1. The lowest BCUT2D eigenvalue weighted by Crippen LogP contribution is -2.45. The number of fused-ring (bicyclic) bond motifs is 4. The largest absolute Gasteiger partial charge is 0.468 e. The number of unbranched alkanes of at least 4 members (excludes halogenated alkanes) is 1. The van der Waals surface area contributed by atoms with Crippen LogP contribution >= 0.6 is 11.8 Å². The number of thioether (sulfide) groups is 1. The van der Waals surface area contributed by atoms with E-state index in [4.69, 9.17) is 4.74 Å². The quantitative estimate of drug-likeness (QED) is 0.170. The number of ether oxygens (including phenoxy) is 1. The van der Waals surface area contributed by atoms with Crippen LogP contribution in [0.2, 0.25) is 0 Å². The van der Waals surface area contributed by atoms with E-state index in [1.807, 2.05) is 40.9 Å². The Hall–Kier alpha value is -3.50. The number of amides is 3. The number of nitrogens with zero attached hydrogens (tertiary/aromatic N) is 1. The molecule has 2 saturated heterocycles. The van der Waals surface area contributed by atoms with Gasteiger partial charge in [-0.05, 0) is 55.0 Å². The van der Waals surface area contributed by atoms with E-state index >= 15 is 0 Å². The predicted octanol–water partition coefficient (Wildman–Crippen LogP) is 4.17. The summed E-state index contributed by atoms with van der Waals surface area (Å²) in [5, 5.41) is 11.1. The molecule has 1 aromatic heterocycles. The van der Waals surface area contributed by atoms with Crippen LogP contribution in [0.3, 0.4) is 0 Å². The third-order valence-corrected chi connectivity index (χ3v) is 10.7. The Morgan fingerprint density at radius 2 is 1.86 bits per heavy atom. The van der Waals surface area contributed by atoms with Gasteiger partial charge in [0, 0.05) is 52.2 Å². The molecule has 3 fully saturated rings. The molecule has 4 N–H and O–H groups in total. The fourth-order valence-electron chi connectivity index (χ4n) is 6.90. The summed E-state index contributed by atoms with van der Waals surface area (Å²) in [5.41, 5.74) is 5.22. The zero-order valence-electron chi connectivity index (χ0n) is 23.7. The van der Waals surface area contributed by atoms with E-state index in [0.29, 0.717) is 18.1 Å². The molecule has 7 rings (SSSR count). The van der Waals surface area contributed by atoms with Gasteiger partial charge in [0.05, 0.1) is 25.2 Å². The van der Waals surface area contributed by atoms with Gasteiger partial charge in [-0.1, -0.05) is 36.8 Å². The summed E-state index contributed by atoms with van der Waals surface area (Å²) >= 11 is 1.92. The van der Waals surface area contributed by atoms with E-state index in [1.54, 1.807) is 0 Å². The normalized spacial score (nSPS) is 26.3. The SMILES string of the molecule is COC(=O)[C@H]1Cc2c([nH]c3ccccc23)[C@@H](c2ccc(N(C(=O)CCCC[C@@H]3SC[C@@H]4NC(=O)N[C@@H]43)C3CC3)cc2)N1. The number of carbonyl (C=O) groups excluding carboxylic acids is 3. The molecule has 0 bridgehead atoms. The fraction of sp³-hybridized carbons (Fsp3) is 0.469. The Labute approximate surface area is 249 Å². The number of para-hydroxylation sites is 1. The second-order valence-electron chi connectivity index (χ2n) is 11.9. The van der Waals surface area contributed by atoms with E-state index in [1.165, 1.54) is 7.11 Å². The van der Waals surface area contributed by atoms with Crippen LogP contribution in [0.5, 0.6) is 0 Å². The summed E-state index contributed by atoms with van der Waals surface area (Å²) in [4.78, 5) is 43.3. The number of methoxy groups -OCH3 is 1. The number of benzene rings is 2. The van der Waals surface area contributed by atoms with Crippen molar-refractivity contribution in [2.45, 2.75) is 80.4 Å². The number of H-pyrrole nitrogens is 1. The smallest absolute Gasteiger partial charge is 0.323 e. The van der Waals surface area contributed by atoms with Crippen LogP contribution in [-0.4, -0.2) is 65.2 Å². The van der Waals surface area contributed by atoms with Gasteiger partial charge in [0.15, 0.2) is 0 Å². The van der Waals surface area contributed by atoms with Crippen molar-refractivity contribution in [3.05, 3.63) is 65.4 Å². The molecule has 3 amide bonds. The Balaban J connectivity index is 1.03. The maximum atomic E-state index is 13.4. The number of aromatic amines is 1. The summed E-state index contributed by atoms with van der Waals surface area (Å²) in [6, 6.07) is 16.4. The fourth-order valence-corrected chi connectivity index (χ4v) is 8.44. The highest BCUT2D eigenvalue weighted by Gasteiger charge is 2.42. The van der Waals surface area contributed by atoms with Gasteiger partial charge in [-0.25, -0.2) is 4.79 Å². The second-order valence-corrected chi connectivity index (χ2v) is 13.2. The number of anilines is 1. The van der Waals surface area contributed by atoms with Gasteiger partial charge in [0.1, 0.15) is 6.04 Å². The Kier molecular flexibility index (Phi) is 7.35. The molecule has 10 heteroatoms. The van der Waals surface area contributed by atoms with Gasteiger partial charge < -0.3 is 25.3 Å². The van der Waals surface area contributed by atoms with E-state index in [2.05, 4.69) is 45.2 Å². The minimum atomic E-state index is -0.439. The van der Waals surface area contributed by atoms with Crippen molar-refractivity contribution >= 4 is 46.3 Å². The maximum absolute atomic E-state index is 13.4. The zero-order chi connectivity index (χ0) is 28.8. The molecule has 2 aromatic carbocycles. The number of rotatable bonds is 9. The third-order valence-electron chi connectivity index (χ3n) is 9.15. The first-order valence-electron chi connectivity index (χ1n) is 15.0. The minimum absolute atomic E-state index is 0.0547. The molecule has 5 atom stereocenters. The van der Waals surface area contributed by atoms with Crippen molar-refractivity contribution in [1.29, 1.82) is 0 Å². The molecular weight excluding hydrogens is 550 g/mol. The highest BCUT2D eigenvalue weighted by Crippen LogP contribution is 2.38. The molecule has 4 heterocycles. The van der Waals surface area contributed by atoms with Crippen molar-refractivity contribution in [3.8, 4) is 0 Å². The molecule has 220 valence electrons. The van der Waals surface area contributed by atoms with Crippen LogP contribution in [-0.2, 0) is 20.7 Å². The van der Waals surface area contributed by atoms with Gasteiger partial charge in [0.2, 0.25) is 5.91 Å². The molecule has 3 aliphatic heterocycles. The number of carbonyl (C=O) groups is 3. The lowest BCUT2D eigenvalue weighted by Gasteiger charge is -2.31. The van der Waals surface area contributed by atoms with Crippen LogP contribution in [0.4, 0.5) is 10.5 Å². The molecule has 0 spiro atoms. The Morgan fingerprint density at radius 3 is 2.64 bits per heavy atom. The third kappa shape index (κ3) is 5.15. The number of hydrogen-bond donors (Lipinski definition) is 4. The molecule has 42 heavy (non-hydrogen) atoms. The Morgan fingerprint density at radius 1 is 1.05 bits per heavy atom. The van der Waals surface area contributed by atoms with Crippen LogP contribution in [0.25, 0.3) is 10.9 Å². The summed E-state index contributed by atoms with van der Waals surface area (Å²) in [6.45, 7) is 0. The van der Waals surface area contributed by atoms with E-state index in [9.17, 15) is 14.4 Å². The van der Waals surface area contributed by atoms with E-state index in [0.717, 1.165) is 71.3 Å². The first-order chi connectivity index (χ1) is 20.5. The molecule has 9 nitrogen and oxygen atoms in total. The topological polar surface area (TPSA) is 116 Å². The van der Waals surface area contributed by atoms with Gasteiger partial charge in [-0.2, -0.15) is 11.8 Å². The van der Waals surface area contributed by atoms with E-state index in [-0.39, 0.29) is 42.1 Å². The lowest BCUT2D eigenvalue weighted by atomic mass is 9.90. The molecule has 1 saturated carbocycles. The highest BCUT2D eigenvalue weighted by molar-refractivity contribution is 8.00. The van der Waals surface area contributed by atoms with Crippen molar-refractivity contribution in [1.82, 2.24) is 20.9 Å². The first kappa shape index (κ1) is 27.3. The molecule has 0 unspecified atom stereocenters. The molecular formula is C32H37N5O4S. The molecule has 0 radical (unpaired) electrons.